The van der Waals surface area contributed by atoms with Gasteiger partial charge in [0.15, 0.2) is 0 Å². The summed E-state index contributed by atoms with van der Waals surface area (Å²) in [6.45, 7) is 0. The number of nitrogens with zero attached hydrogens (tertiary/aromatic N) is 2. The van der Waals surface area contributed by atoms with E-state index in [4.69, 9.17) is 9.26 Å². The fraction of sp³-hybridized carbons (Fsp3) is 0.429. The van der Waals surface area contributed by atoms with Gasteiger partial charge in [-0.15, -0.1) is 0 Å². The molecule has 1 aromatic carbocycles. The third-order valence-corrected chi connectivity index (χ3v) is 3.50. The Hall–Kier alpha value is -1.88. The van der Waals surface area contributed by atoms with E-state index in [0.29, 0.717) is 24.0 Å². The first-order valence-electron chi connectivity index (χ1n) is 6.53. The molecule has 19 heavy (non-hydrogen) atoms. The zero-order chi connectivity index (χ0) is 13.1. The van der Waals surface area contributed by atoms with Gasteiger partial charge in [0, 0.05) is 18.7 Å². The second-order valence-electron chi connectivity index (χ2n) is 4.80. The van der Waals surface area contributed by atoms with Crippen molar-refractivity contribution < 1.29 is 9.26 Å². The first-order chi connectivity index (χ1) is 9.35. The fourth-order valence-electron chi connectivity index (χ4n) is 2.45. The number of benzene rings is 1. The highest BCUT2D eigenvalue weighted by molar-refractivity contribution is 5.53. The summed E-state index contributed by atoms with van der Waals surface area (Å²) in [5.74, 6) is 1.10. The van der Waals surface area contributed by atoms with Gasteiger partial charge in [-0.05, 0) is 36.6 Å². The Balaban J connectivity index is 1.66. The van der Waals surface area contributed by atoms with E-state index in [-0.39, 0.29) is 0 Å². The molecular formula is C14H17N3O2. The Morgan fingerprint density at radius 2 is 2.11 bits per heavy atom. The average molecular weight is 259 g/mol. The van der Waals surface area contributed by atoms with Crippen LogP contribution in [-0.4, -0.2) is 29.4 Å². The summed E-state index contributed by atoms with van der Waals surface area (Å²) in [7, 11) is 1.76. The van der Waals surface area contributed by atoms with Gasteiger partial charge in [0.2, 0.25) is 0 Å². The van der Waals surface area contributed by atoms with E-state index in [1.54, 1.807) is 7.11 Å². The molecule has 5 heteroatoms. The van der Waals surface area contributed by atoms with Gasteiger partial charge in [-0.3, -0.25) is 0 Å². The van der Waals surface area contributed by atoms with E-state index in [1.165, 1.54) is 0 Å². The maximum Gasteiger partial charge on any atom is 0.263 e. The summed E-state index contributed by atoms with van der Waals surface area (Å²) in [5, 5.41) is 7.27. The minimum absolute atomic E-state index is 0.345. The lowest BCUT2D eigenvalue weighted by atomic mass is 10.2. The third kappa shape index (κ3) is 2.76. The number of methoxy groups -OCH3 is 1. The molecule has 2 aromatic rings. The maximum atomic E-state index is 5.35. The lowest BCUT2D eigenvalue weighted by Crippen LogP contribution is -2.17. The molecule has 1 N–H and O–H groups in total. The Morgan fingerprint density at radius 1 is 1.26 bits per heavy atom. The Labute approximate surface area is 112 Å². The topological polar surface area (TPSA) is 60.2 Å². The Kier molecular flexibility index (Phi) is 3.46. The van der Waals surface area contributed by atoms with Gasteiger partial charge in [-0.1, -0.05) is 18.2 Å². The molecule has 1 fully saturated rings. The van der Waals surface area contributed by atoms with Crippen molar-refractivity contribution in [3.63, 3.8) is 0 Å². The van der Waals surface area contributed by atoms with Gasteiger partial charge in [0.1, 0.15) is 0 Å². The number of ether oxygens (including phenoxy) is 1. The monoisotopic (exact) mass is 259 g/mol. The van der Waals surface area contributed by atoms with Crippen LogP contribution in [0.3, 0.4) is 0 Å². The summed E-state index contributed by atoms with van der Waals surface area (Å²) < 4.78 is 10.6. The highest BCUT2D eigenvalue weighted by atomic mass is 16.5. The first-order valence-corrected chi connectivity index (χ1v) is 6.53. The van der Waals surface area contributed by atoms with Crippen LogP contribution >= 0.6 is 0 Å². The summed E-state index contributed by atoms with van der Waals surface area (Å²) in [4.78, 5) is 4.37. The van der Waals surface area contributed by atoms with Crippen LogP contribution in [0, 0.1) is 0 Å². The van der Waals surface area contributed by atoms with E-state index in [2.05, 4.69) is 15.5 Å². The van der Waals surface area contributed by atoms with Crippen LogP contribution in [0.4, 0.5) is 5.95 Å². The minimum Gasteiger partial charge on any atom is -0.381 e. The standard InChI is InChI=1S/C14H17N3O2/c1-18-12-8-7-11(9-12)15-14-16-13(19-17-14)10-5-3-2-4-6-10/h2-6,11-12H,7-9H2,1H3,(H,15,17). The van der Waals surface area contributed by atoms with E-state index in [1.807, 2.05) is 30.3 Å². The lowest BCUT2D eigenvalue weighted by molar-refractivity contribution is 0.108. The van der Waals surface area contributed by atoms with Crippen LogP contribution in [0.1, 0.15) is 19.3 Å². The predicted molar refractivity (Wildman–Crippen MR) is 71.8 cm³/mol. The molecule has 2 atom stereocenters. The first kappa shape index (κ1) is 12.2. The Bertz CT molecular complexity index is 526. The SMILES string of the molecule is COC1CCC(Nc2noc(-c3ccccc3)n2)C1. The van der Waals surface area contributed by atoms with Crippen molar-refractivity contribution >= 4 is 5.95 Å². The second kappa shape index (κ2) is 5.40. The van der Waals surface area contributed by atoms with E-state index in [0.717, 1.165) is 24.8 Å². The molecule has 1 aliphatic carbocycles. The van der Waals surface area contributed by atoms with Crippen molar-refractivity contribution in [2.75, 3.05) is 12.4 Å². The molecule has 0 radical (unpaired) electrons. The summed E-state index contributed by atoms with van der Waals surface area (Å²) in [5.41, 5.74) is 0.934. The van der Waals surface area contributed by atoms with Crippen molar-refractivity contribution in [1.82, 2.24) is 10.1 Å². The van der Waals surface area contributed by atoms with E-state index >= 15 is 0 Å². The van der Waals surface area contributed by atoms with Crippen molar-refractivity contribution in [1.29, 1.82) is 0 Å². The minimum atomic E-state index is 0.345. The lowest BCUT2D eigenvalue weighted by Gasteiger charge is -2.10. The zero-order valence-electron chi connectivity index (χ0n) is 10.9. The van der Waals surface area contributed by atoms with Gasteiger partial charge >= 0.3 is 0 Å². The number of anilines is 1. The van der Waals surface area contributed by atoms with Crippen LogP contribution in [0.15, 0.2) is 34.9 Å². The highest BCUT2D eigenvalue weighted by Crippen LogP contribution is 2.25. The molecule has 0 amide bonds. The molecule has 100 valence electrons. The van der Waals surface area contributed by atoms with Gasteiger partial charge in [0.25, 0.3) is 11.8 Å². The predicted octanol–water partition coefficient (Wildman–Crippen LogP) is 2.72. The van der Waals surface area contributed by atoms with Crippen molar-refractivity contribution in [3.05, 3.63) is 30.3 Å². The number of hydrogen-bond acceptors (Lipinski definition) is 5. The normalized spacial score (nSPS) is 22.6. The molecule has 1 aliphatic rings. The molecule has 1 heterocycles. The molecule has 3 rings (SSSR count). The summed E-state index contributed by atoms with van der Waals surface area (Å²) in [6, 6.07) is 10.1. The van der Waals surface area contributed by atoms with E-state index < -0.39 is 0 Å². The average Bonchev–Trinajstić information content (AvgIpc) is 3.09. The maximum absolute atomic E-state index is 5.35. The van der Waals surface area contributed by atoms with Crippen LogP contribution < -0.4 is 5.32 Å². The van der Waals surface area contributed by atoms with Crippen LogP contribution in [0.2, 0.25) is 0 Å². The molecular weight excluding hydrogens is 242 g/mol. The summed E-state index contributed by atoms with van der Waals surface area (Å²) >= 11 is 0. The highest BCUT2D eigenvalue weighted by Gasteiger charge is 2.25. The second-order valence-corrected chi connectivity index (χ2v) is 4.80. The van der Waals surface area contributed by atoms with Gasteiger partial charge in [-0.25, -0.2) is 0 Å². The van der Waals surface area contributed by atoms with Crippen LogP contribution in [-0.2, 0) is 4.74 Å². The van der Waals surface area contributed by atoms with Crippen LogP contribution in [0.5, 0.6) is 0 Å². The zero-order valence-corrected chi connectivity index (χ0v) is 10.9. The van der Waals surface area contributed by atoms with Gasteiger partial charge in [-0.2, -0.15) is 4.98 Å². The van der Waals surface area contributed by atoms with Crippen LogP contribution in [0.25, 0.3) is 11.5 Å². The Morgan fingerprint density at radius 3 is 2.84 bits per heavy atom. The summed E-state index contributed by atoms with van der Waals surface area (Å²) in [6.07, 6.45) is 3.50. The molecule has 1 aromatic heterocycles. The smallest absolute Gasteiger partial charge is 0.263 e. The van der Waals surface area contributed by atoms with Gasteiger partial charge < -0.3 is 14.6 Å². The van der Waals surface area contributed by atoms with Crippen molar-refractivity contribution in [3.8, 4) is 11.5 Å². The number of nitrogens with one attached hydrogen (secondary N) is 1. The molecule has 0 spiro atoms. The number of hydrogen-bond donors (Lipinski definition) is 1. The molecule has 0 aliphatic heterocycles. The quantitative estimate of drug-likeness (QED) is 0.914. The molecule has 0 saturated heterocycles. The largest absolute Gasteiger partial charge is 0.381 e. The number of rotatable bonds is 4. The van der Waals surface area contributed by atoms with Crippen molar-refractivity contribution in [2.45, 2.75) is 31.4 Å². The van der Waals surface area contributed by atoms with E-state index in [9.17, 15) is 0 Å². The molecule has 2 unspecified atom stereocenters. The van der Waals surface area contributed by atoms with Crippen molar-refractivity contribution in [2.24, 2.45) is 0 Å². The molecule has 1 saturated carbocycles. The van der Waals surface area contributed by atoms with Gasteiger partial charge in [0.05, 0.1) is 6.10 Å². The third-order valence-electron chi connectivity index (χ3n) is 3.50. The molecule has 5 nitrogen and oxygen atoms in total. The number of aromatic nitrogens is 2. The molecule has 0 bridgehead atoms. The fourth-order valence-corrected chi connectivity index (χ4v) is 2.45.